The lowest BCUT2D eigenvalue weighted by Crippen LogP contribution is -2.35. The third-order valence-corrected chi connectivity index (χ3v) is 8.40. The molecule has 5 nitrogen and oxygen atoms in total. The minimum atomic E-state index is -0.216. The summed E-state index contributed by atoms with van der Waals surface area (Å²) in [4.78, 5) is 24.5. The van der Waals surface area contributed by atoms with Gasteiger partial charge < -0.3 is 10.2 Å². The van der Waals surface area contributed by atoms with E-state index in [9.17, 15) is 4.79 Å². The molecule has 1 aliphatic heterocycles. The van der Waals surface area contributed by atoms with Crippen molar-refractivity contribution in [3.8, 4) is 11.1 Å². The fraction of sp³-hybridized carbons (Fsp3) is 0.258. The molecular weight excluding hydrogens is 476 g/mol. The third kappa shape index (κ3) is 5.25. The number of nitrogens with zero attached hydrogens (tertiary/aromatic N) is 3. The molecule has 0 unspecified atom stereocenters. The van der Waals surface area contributed by atoms with Crippen LogP contribution in [0.25, 0.3) is 11.1 Å². The van der Waals surface area contributed by atoms with Crippen LogP contribution in [0.4, 0.5) is 11.4 Å². The summed E-state index contributed by atoms with van der Waals surface area (Å²) in [6.45, 7) is 2.30. The Morgan fingerprint density at radius 3 is 2.62 bits per heavy atom. The van der Waals surface area contributed by atoms with Gasteiger partial charge in [0.25, 0.3) is 5.91 Å². The summed E-state index contributed by atoms with van der Waals surface area (Å²) in [7, 11) is 0. The number of anilines is 2. The highest BCUT2D eigenvalue weighted by Gasteiger charge is 2.31. The van der Waals surface area contributed by atoms with Crippen LogP contribution in [-0.2, 0) is 0 Å². The standard InChI is InChI=1S/C31H30N4OS/c1-21(22-6-3-2-4-7-22)30-19-37-20-35(30)27-9-5-8-26(17-27)34-31(36)29-16-24(14-15-32-29)25-12-13-28(33-18-25)23-10-11-23/h2-9,12-18,21,23,30H,10-11,19-20H2,1H3,(H,34,36)/t21-,30+/m0/s1. The molecular formula is C31H30N4OS. The second-order valence-corrected chi connectivity index (χ2v) is 10.9. The van der Waals surface area contributed by atoms with Crippen molar-refractivity contribution >= 4 is 29.0 Å². The van der Waals surface area contributed by atoms with Crippen LogP contribution in [0, 0.1) is 0 Å². The highest BCUT2D eigenvalue weighted by molar-refractivity contribution is 7.99. The molecule has 186 valence electrons. The fourth-order valence-electron chi connectivity index (χ4n) is 5.00. The van der Waals surface area contributed by atoms with Gasteiger partial charge in [-0.15, -0.1) is 11.8 Å². The molecule has 2 aliphatic rings. The number of hydrogen-bond donors (Lipinski definition) is 1. The highest BCUT2D eigenvalue weighted by atomic mass is 32.2. The van der Waals surface area contributed by atoms with Crippen LogP contribution in [0.2, 0.25) is 0 Å². The van der Waals surface area contributed by atoms with Crippen LogP contribution >= 0.6 is 11.8 Å². The van der Waals surface area contributed by atoms with E-state index in [1.54, 1.807) is 6.20 Å². The first-order valence-electron chi connectivity index (χ1n) is 12.9. The molecule has 0 spiro atoms. The number of carbonyl (C=O) groups is 1. The molecule has 1 aliphatic carbocycles. The van der Waals surface area contributed by atoms with E-state index in [0.29, 0.717) is 23.6 Å². The molecule has 4 aromatic rings. The Balaban J connectivity index is 1.17. The van der Waals surface area contributed by atoms with E-state index in [1.807, 2.05) is 42.2 Å². The number of amides is 1. The van der Waals surface area contributed by atoms with Crippen LogP contribution in [0.3, 0.4) is 0 Å². The van der Waals surface area contributed by atoms with Crippen molar-refractivity contribution in [3.63, 3.8) is 0 Å². The van der Waals surface area contributed by atoms with Gasteiger partial charge in [-0.25, -0.2) is 0 Å². The zero-order valence-electron chi connectivity index (χ0n) is 20.9. The maximum Gasteiger partial charge on any atom is 0.274 e. The van der Waals surface area contributed by atoms with E-state index in [0.717, 1.165) is 39.8 Å². The number of carbonyl (C=O) groups excluding carboxylic acids is 1. The maximum absolute atomic E-state index is 13.1. The SMILES string of the molecule is C[C@@H](c1ccccc1)[C@H]1CSCN1c1cccc(NC(=O)c2cc(-c3ccc(C4CC4)nc3)ccn2)c1. The van der Waals surface area contributed by atoms with Crippen LogP contribution < -0.4 is 10.2 Å². The lowest BCUT2D eigenvalue weighted by atomic mass is 9.93. The first-order valence-corrected chi connectivity index (χ1v) is 14.0. The quantitative estimate of drug-likeness (QED) is 0.294. The summed E-state index contributed by atoms with van der Waals surface area (Å²) in [5.41, 5.74) is 6.73. The summed E-state index contributed by atoms with van der Waals surface area (Å²) in [6.07, 6.45) is 6.05. The molecule has 2 fully saturated rings. The summed E-state index contributed by atoms with van der Waals surface area (Å²) in [5.74, 6) is 2.84. The van der Waals surface area contributed by atoms with Crippen molar-refractivity contribution in [3.05, 3.63) is 108 Å². The van der Waals surface area contributed by atoms with Gasteiger partial charge in [-0.3, -0.25) is 14.8 Å². The molecule has 0 bridgehead atoms. The smallest absolute Gasteiger partial charge is 0.274 e. The molecule has 6 rings (SSSR count). The van der Waals surface area contributed by atoms with Crippen LogP contribution in [0.5, 0.6) is 0 Å². The van der Waals surface area contributed by atoms with Crippen molar-refractivity contribution in [2.45, 2.75) is 37.6 Å². The van der Waals surface area contributed by atoms with Crippen molar-refractivity contribution in [2.75, 3.05) is 21.8 Å². The Labute approximate surface area is 222 Å². The second-order valence-electron chi connectivity index (χ2n) is 9.92. The topological polar surface area (TPSA) is 58.1 Å². The molecule has 2 atom stereocenters. The van der Waals surface area contributed by atoms with E-state index in [-0.39, 0.29) is 5.91 Å². The van der Waals surface area contributed by atoms with Gasteiger partial charge in [-0.05, 0) is 60.4 Å². The summed E-state index contributed by atoms with van der Waals surface area (Å²) >= 11 is 1.95. The maximum atomic E-state index is 13.1. The molecule has 1 N–H and O–H groups in total. The predicted octanol–water partition coefficient (Wildman–Crippen LogP) is 6.96. The highest BCUT2D eigenvalue weighted by Crippen LogP contribution is 2.39. The van der Waals surface area contributed by atoms with Gasteiger partial charge in [0.05, 0.1) is 5.88 Å². The number of nitrogens with one attached hydrogen (secondary N) is 1. The molecule has 1 saturated heterocycles. The second kappa shape index (κ2) is 10.4. The Hall–Kier alpha value is -3.64. The van der Waals surface area contributed by atoms with Gasteiger partial charge in [0, 0.05) is 58.7 Å². The molecule has 2 aromatic heterocycles. The summed E-state index contributed by atoms with van der Waals surface area (Å²) in [6, 6.07) is 27.2. The molecule has 1 saturated carbocycles. The normalized spacial score (nSPS) is 18.0. The number of thioether (sulfide) groups is 1. The average Bonchev–Trinajstić information content (AvgIpc) is 3.69. The zero-order valence-corrected chi connectivity index (χ0v) is 21.7. The largest absolute Gasteiger partial charge is 0.358 e. The lowest BCUT2D eigenvalue weighted by Gasteiger charge is -2.31. The summed E-state index contributed by atoms with van der Waals surface area (Å²) in [5, 5.41) is 3.06. The number of hydrogen-bond acceptors (Lipinski definition) is 5. The van der Waals surface area contributed by atoms with Gasteiger partial charge in [0.2, 0.25) is 0 Å². The Kier molecular flexibility index (Phi) is 6.66. The third-order valence-electron chi connectivity index (χ3n) is 7.37. The van der Waals surface area contributed by atoms with Crippen LogP contribution in [-0.4, -0.2) is 33.5 Å². The molecule has 3 heterocycles. The van der Waals surface area contributed by atoms with Crippen molar-refractivity contribution < 1.29 is 4.79 Å². The molecule has 6 heteroatoms. The molecule has 37 heavy (non-hydrogen) atoms. The van der Waals surface area contributed by atoms with Crippen molar-refractivity contribution in [2.24, 2.45) is 0 Å². The van der Waals surface area contributed by atoms with Crippen molar-refractivity contribution in [1.29, 1.82) is 0 Å². The van der Waals surface area contributed by atoms with Crippen LogP contribution in [0.1, 0.15) is 53.3 Å². The number of aromatic nitrogens is 2. The van der Waals surface area contributed by atoms with E-state index in [2.05, 4.69) is 81.7 Å². The minimum absolute atomic E-state index is 0.216. The Bertz CT molecular complexity index is 1390. The monoisotopic (exact) mass is 506 g/mol. The van der Waals surface area contributed by atoms with Gasteiger partial charge in [0.1, 0.15) is 5.69 Å². The Morgan fingerprint density at radius 1 is 0.973 bits per heavy atom. The van der Waals surface area contributed by atoms with Crippen LogP contribution in [0.15, 0.2) is 91.3 Å². The molecule has 0 radical (unpaired) electrons. The van der Waals surface area contributed by atoms with E-state index < -0.39 is 0 Å². The minimum Gasteiger partial charge on any atom is -0.358 e. The average molecular weight is 507 g/mol. The predicted molar refractivity (Wildman–Crippen MR) is 152 cm³/mol. The number of benzene rings is 2. The molecule has 2 aromatic carbocycles. The fourth-order valence-corrected chi connectivity index (χ4v) is 6.36. The van der Waals surface area contributed by atoms with Gasteiger partial charge >= 0.3 is 0 Å². The van der Waals surface area contributed by atoms with E-state index in [1.165, 1.54) is 18.4 Å². The van der Waals surface area contributed by atoms with Crippen molar-refractivity contribution in [1.82, 2.24) is 9.97 Å². The van der Waals surface area contributed by atoms with Gasteiger partial charge in [-0.2, -0.15) is 0 Å². The Morgan fingerprint density at radius 2 is 1.84 bits per heavy atom. The lowest BCUT2D eigenvalue weighted by molar-refractivity contribution is 0.102. The van der Waals surface area contributed by atoms with Gasteiger partial charge in [-0.1, -0.05) is 49.4 Å². The van der Waals surface area contributed by atoms with E-state index >= 15 is 0 Å². The summed E-state index contributed by atoms with van der Waals surface area (Å²) < 4.78 is 0. The van der Waals surface area contributed by atoms with Gasteiger partial charge in [0.15, 0.2) is 0 Å². The number of pyridine rings is 2. The van der Waals surface area contributed by atoms with E-state index in [4.69, 9.17) is 0 Å². The zero-order chi connectivity index (χ0) is 25.2. The first-order chi connectivity index (χ1) is 18.2. The molecule has 1 amide bonds. The number of rotatable bonds is 7. The first kappa shape index (κ1) is 23.7.